The van der Waals surface area contributed by atoms with Gasteiger partial charge in [-0.25, -0.2) is 13.1 Å². The van der Waals surface area contributed by atoms with Gasteiger partial charge in [-0.2, -0.15) is 5.10 Å². The van der Waals surface area contributed by atoms with Gasteiger partial charge >= 0.3 is 0 Å². The van der Waals surface area contributed by atoms with E-state index in [4.69, 9.17) is 4.74 Å². The fourth-order valence-electron chi connectivity index (χ4n) is 3.72. The molecule has 162 valence electrons. The molecule has 0 spiro atoms. The number of nitrogens with zero attached hydrogens (tertiary/aromatic N) is 3. The number of ether oxygens (including phenoxy) is 1. The van der Waals surface area contributed by atoms with Crippen LogP contribution in [0.25, 0.3) is 0 Å². The van der Waals surface area contributed by atoms with E-state index in [0.717, 1.165) is 12.0 Å². The summed E-state index contributed by atoms with van der Waals surface area (Å²) in [5, 5.41) is 7.00. The number of para-hydroxylation sites is 1. The summed E-state index contributed by atoms with van der Waals surface area (Å²) >= 11 is 0. The highest BCUT2D eigenvalue weighted by Gasteiger charge is 2.31. The number of aryl methyl sites for hydroxylation is 1. The Bertz CT molecular complexity index is 1220. The molecular weight excluding hydrogens is 416 g/mol. The Kier molecular flexibility index (Phi) is 5.69. The van der Waals surface area contributed by atoms with Crippen molar-refractivity contribution in [1.82, 2.24) is 9.78 Å². The molecule has 4 rings (SSSR count). The number of amides is 1. The molecule has 0 fully saturated rings. The highest BCUT2D eigenvalue weighted by Crippen LogP contribution is 2.34. The number of carbonyl (C=O) groups is 1. The molecule has 1 aliphatic heterocycles. The minimum Gasteiger partial charge on any atom is -0.496 e. The molecule has 3 aromatic rings. The van der Waals surface area contributed by atoms with Gasteiger partial charge in [0.1, 0.15) is 11.6 Å². The summed E-state index contributed by atoms with van der Waals surface area (Å²) in [6.45, 7) is 3.04. The summed E-state index contributed by atoms with van der Waals surface area (Å²) in [7, 11) is -2.39. The van der Waals surface area contributed by atoms with Crippen molar-refractivity contribution in [3.63, 3.8) is 0 Å². The molecule has 0 bridgehead atoms. The van der Waals surface area contributed by atoms with E-state index < -0.39 is 15.9 Å². The molecule has 0 saturated carbocycles. The number of carbonyl (C=O) groups excluding carboxylic acids is 1. The Balaban J connectivity index is 1.68. The summed E-state index contributed by atoms with van der Waals surface area (Å²) < 4.78 is 35.1. The van der Waals surface area contributed by atoms with Gasteiger partial charge in [0.25, 0.3) is 15.9 Å². The number of hydrogen-bond acceptors (Lipinski definition) is 5. The van der Waals surface area contributed by atoms with E-state index in [1.165, 1.54) is 29.6 Å². The molecule has 1 aromatic heterocycles. The highest BCUT2D eigenvalue weighted by molar-refractivity contribution is 7.92. The molecule has 1 N–H and O–H groups in total. The second kappa shape index (κ2) is 8.43. The van der Waals surface area contributed by atoms with Crippen LogP contribution in [0.5, 0.6) is 5.75 Å². The lowest BCUT2D eigenvalue weighted by Gasteiger charge is -2.20. The van der Waals surface area contributed by atoms with Gasteiger partial charge in [0.15, 0.2) is 0 Å². The zero-order valence-electron chi connectivity index (χ0n) is 17.4. The molecular formula is C22H24N4O4S. The highest BCUT2D eigenvalue weighted by atomic mass is 32.2. The van der Waals surface area contributed by atoms with Gasteiger partial charge in [-0.05, 0) is 42.7 Å². The van der Waals surface area contributed by atoms with Crippen molar-refractivity contribution in [2.45, 2.75) is 31.2 Å². The Hall–Kier alpha value is -3.33. The summed E-state index contributed by atoms with van der Waals surface area (Å²) in [6.07, 6.45) is 3.12. The minimum absolute atomic E-state index is 0.0391. The first-order valence-electron chi connectivity index (χ1n) is 10.1. The number of nitrogens with one attached hydrogen (secondary N) is 1. The van der Waals surface area contributed by atoms with Crippen molar-refractivity contribution in [3.05, 3.63) is 65.9 Å². The topological polar surface area (TPSA) is 93.5 Å². The normalized spacial score (nSPS) is 13.2. The van der Waals surface area contributed by atoms with Crippen molar-refractivity contribution in [2.75, 3.05) is 23.3 Å². The number of hydrogen-bond donors (Lipinski definition) is 1. The molecule has 31 heavy (non-hydrogen) atoms. The third kappa shape index (κ3) is 3.88. The second-order valence-corrected chi connectivity index (χ2v) is 9.07. The molecule has 0 saturated heterocycles. The van der Waals surface area contributed by atoms with Crippen molar-refractivity contribution in [2.24, 2.45) is 0 Å². The third-order valence-corrected chi connectivity index (χ3v) is 7.05. The van der Waals surface area contributed by atoms with E-state index in [9.17, 15) is 13.2 Å². The number of aromatic nitrogens is 2. The fraction of sp³-hybridized carbons (Fsp3) is 0.273. The zero-order chi connectivity index (χ0) is 22.0. The van der Waals surface area contributed by atoms with Gasteiger partial charge in [-0.1, -0.05) is 25.1 Å². The van der Waals surface area contributed by atoms with E-state index in [1.807, 2.05) is 25.1 Å². The lowest BCUT2D eigenvalue weighted by atomic mass is 10.2. The van der Waals surface area contributed by atoms with Crippen LogP contribution in [0.15, 0.2) is 59.6 Å². The standard InChI is InChI=1S/C22H24N4O4S/c1-3-13-25-21(10-12-23-25)24-22(27)18-15-17(8-9-20(18)30-2)31(28,29)26-14-11-16-6-4-5-7-19(16)26/h4-10,12,15H,3,11,13-14H2,1-2H3,(H,24,27). The van der Waals surface area contributed by atoms with E-state index in [-0.39, 0.29) is 10.5 Å². The van der Waals surface area contributed by atoms with Gasteiger partial charge in [0.05, 0.1) is 29.5 Å². The molecule has 0 unspecified atom stereocenters. The summed E-state index contributed by atoms with van der Waals surface area (Å²) in [5.41, 5.74) is 1.80. The van der Waals surface area contributed by atoms with Gasteiger partial charge in [0.2, 0.25) is 0 Å². The average Bonchev–Trinajstić information content (AvgIpc) is 3.40. The molecule has 9 heteroatoms. The van der Waals surface area contributed by atoms with Crippen LogP contribution in [0.1, 0.15) is 29.3 Å². The van der Waals surface area contributed by atoms with Crippen LogP contribution in [0.4, 0.5) is 11.5 Å². The monoisotopic (exact) mass is 440 g/mol. The molecule has 2 heterocycles. The van der Waals surface area contributed by atoms with Crippen LogP contribution in [-0.2, 0) is 23.0 Å². The number of sulfonamides is 1. The van der Waals surface area contributed by atoms with Crippen molar-refractivity contribution < 1.29 is 17.9 Å². The van der Waals surface area contributed by atoms with E-state index in [1.54, 1.807) is 23.0 Å². The number of methoxy groups -OCH3 is 1. The first-order chi connectivity index (χ1) is 15.0. The van der Waals surface area contributed by atoms with E-state index in [2.05, 4.69) is 10.4 Å². The zero-order valence-corrected chi connectivity index (χ0v) is 18.2. The van der Waals surface area contributed by atoms with Crippen LogP contribution in [0, 0.1) is 0 Å². The summed E-state index contributed by atoms with van der Waals surface area (Å²) in [4.78, 5) is 13.0. The first kappa shape index (κ1) is 20.9. The van der Waals surface area contributed by atoms with Gasteiger partial charge in [-0.15, -0.1) is 0 Å². The predicted octanol–water partition coefficient (Wildman–Crippen LogP) is 3.31. The molecule has 8 nitrogen and oxygen atoms in total. The Morgan fingerprint density at radius 1 is 1.19 bits per heavy atom. The van der Waals surface area contributed by atoms with Crippen LogP contribution >= 0.6 is 0 Å². The smallest absolute Gasteiger partial charge is 0.264 e. The van der Waals surface area contributed by atoms with Crippen LogP contribution in [0.3, 0.4) is 0 Å². The Morgan fingerprint density at radius 2 is 2.00 bits per heavy atom. The number of fused-ring (bicyclic) bond motifs is 1. The lowest BCUT2D eigenvalue weighted by Crippen LogP contribution is -2.29. The molecule has 1 aliphatic rings. The average molecular weight is 441 g/mol. The maximum Gasteiger partial charge on any atom is 0.264 e. The summed E-state index contributed by atoms with van der Waals surface area (Å²) in [5.74, 6) is 0.365. The SMILES string of the molecule is CCCn1nccc1NC(=O)c1cc(S(=O)(=O)N2CCc3ccccc32)ccc1OC. The second-order valence-electron chi connectivity index (χ2n) is 7.21. The predicted molar refractivity (Wildman–Crippen MR) is 118 cm³/mol. The summed E-state index contributed by atoms with van der Waals surface area (Å²) in [6, 6.07) is 13.5. The van der Waals surface area contributed by atoms with Crippen LogP contribution in [0.2, 0.25) is 0 Å². The van der Waals surface area contributed by atoms with Gasteiger partial charge in [-0.3, -0.25) is 9.10 Å². The molecule has 0 aliphatic carbocycles. The Labute approximate surface area is 181 Å². The van der Waals surface area contributed by atoms with Crippen LogP contribution < -0.4 is 14.4 Å². The Morgan fingerprint density at radius 3 is 2.77 bits per heavy atom. The van der Waals surface area contributed by atoms with Crippen molar-refractivity contribution >= 4 is 27.4 Å². The molecule has 1 amide bonds. The maximum absolute atomic E-state index is 13.4. The molecule has 0 radical (unpaired) electrons. The maximum atomic E-state index is 13.4. The van der Waals surface area contributed by atoms with Gasteiger partial charge in [0, 0.05) is 19.2 Å². The van der Waals surface area contributed by atoms with E-state index >= 15 is 0 Å². The molecule has 0 atom stereocenters. The van der Waals surface area contributed by atoms with Crippen LogP contribution in [-0.4, -0.2) is 37.8 Å². The number of benzene rings is 2. The lowest BCUT2D eigenvalue weighted by molar-refractivity contribution is 0.102. The number of rotatable bonds is 7. The van der Waals surface area contributed by atoms with Crippen molar-refractivity contribution in [1.29, 1.82) is 0 Å². The third-order valence-electron chi connectivity index (χ3n) is 5.24. The fourth-order valence-corrected chi connectivity index (χ4v) is 5.25. The quantitative estimate of drug-likeness (QED) is 0.608. The number of anilines is 2. The minimum atomic E-state index is -3.83. The van der Waals surface area contributed by atoms with Gasteiger partial charge < -0.3 is 10.1 Å². The van der Waals surface area contributed by atoms with E-state index in [0.29, 0.717) is 36.8 Å². The van der Waals surface area contributed by atoms with Crippen molar-refractivity contribution in [3.8, 4) is 5.75 Å². The molecule has 2 aromatic carbocycles. The largest absolute Gasteiger partial charge is 0.496 e. The first-order valence-corrected chi connectivity index (χ1v) is 11.5.